The topological polar surface area (TPSA) is 76.7 Å². The van der Waals surface area contributed by atoms with Gasteiger partial charge in [-0.15, -0.1) is 5.10 Å². The Hall–Kier alpha value is -2.60. The number of carbonyl (C=O) groups is 1. The highest BCUT2D eigenvalue weighted by atomic mass is 35.5. The predicted octanol–water partition coefficient (Wildman–Crippen LogP) is 2.66. The molecule has 0 aliphatic carbocycles. The summed E-state index contributed by atoms with van der Waals surface area (Å²) in [6.07, 6.45) is 1.55. The molecule has 0 saturated carbocycles. The molecule has 0 saturated heterocycles. The molecule has 6 nitrogen and oxygen atoms in total. The van der Waals surface area contributed by atoms with E-state index in [-0.39, 0.29) is 12.2 Å². The molecule has 3 aromatic rings. The molecule has 0 amide bonds. The highest BCUT2D eigenvalue weighted by molar-refractivity contribution is 6.30. The van der Waals surface area contributed by atoms with Crippen molar-refractivity contribution in [2.45, 2.75) is 6.61 Å². The van der Waals surface area contributed by atoms with E-state index in [1.165, 1.54) is 16.6 Å². The van der Waals surface area contributed by atoms with Gasteiger partial charge in [0, 0.05) is 11.2 Å². The first kappa shape index (κ1) is 13.4. The molecule has 21 heavy (non-hydrogen) atoms. The summed E-state index contributed by atoms with van der Waals surface area (Å²) in [4.78, 5) is 15.1. The van der Waals surface area contributed by atoms with Crippen molar-refractivity contribution in [1.29, 1.82) is 0 Å². The van der Waals surface area contributed by atoms with Crippen LogP contribution in [0.2, 0.25) is 5.02 Å². The molecule has 0 bridgehead atoms. The minimum Gasteiger partial charge on any atom is -0.485 e. The first-order chi connectivity index (χ1) is 10.1. The number of hydrogen-bond donors (Lipinski definition) is 1. The maximum Gasteiger partial charge on any atom is 0.335 e. The third kappa shape index (κ3) is 2.95. The number of carboxylic acid groups (broad SMARTS) is 1. The Bertz CT molecular complexity index is 816. The van der Waals surface area contributed by atoms with Crippen LogP contribution in [0.3, 0.4) is 0 Å². The Morgan fingerprint density at radius 2 is 2.19 bits per heavy atom. The first-order valence-corrected chi connectivity index (χ1v) is 6.46. The molecule has 0 unspecified atom stereocenters. The largest absolute Gasteiger partial charge is 0.485 e. The summed E-state index contributed by atoms with van der Waals surface area (Å²) < 4.78 is 7.04. The van der Waals surface area contributed by atoms with E-state index in [9.17, 15) is 4.79 Å². The Labute approximate surface area is 124 Å². The Morgan fingerprint density at radius 1 is 1.33 bits per heavy atom. The lowest BCUT2D eigenvalue weighted by Gasteiger charge is -2.02. The average molecular weight is 304 g/mol. The normalized spacial score (nSPS) is 10.7. The summed E-state index contributed by atoms with van der Waals surface area (Å²) in [7, 11) is 0. The second kappa shape index (κ2) is 5.41. The summed E-state index contributed by atoms with van der Waals surface area (Å²) in [5, 5.41) is 13.7. The molecule has 0 radical (unpaired) electrons. The summed E-state index contributed by atoms with van der Waals surface area (Å²) in [5.41, 5.74) is 0.622. The van der Waals surface area contributed by atoms with E-state index in [0.29, 0.717) is 22.2 Å². The highest BCUT2D eigenvalue weighted by Crippen LogP contribution is 2.18. The second-order valence-electron chi connectivity index (χ2n) is 4.30. The summed E-state index contributed by atoms with van der Waals surface area (Å²) >= 11 is 5.87. The van der Waals surface area contributed by atoms with Crippen LogP contribution in [0.4, 0.5) is 0 Å². The van der Waals surface area contributed by atoms with Gasteiger partial charge in [-0.1, -0.05) is 17.7 Å². The van der Waals surface area contributed by atoms with Crippen molar-refractivity contribution >= 4 is 23.2 Å². The van der Waals surface area contributed by atoms with Crippen LogP contribution in [0.5, 0.6) is 5.75 Å². The fourth-order valence-corrected chi connectivity index (χ4v) is 2.01. The average Bonchev–Trinajstić information content (AvgIpc) is 2.87. The van der Waals surface area contributed by atoms with Gasteiger partial charge in [-0.3, -0.25) is 0 Å². The minimum atomic E-state index is -1.00. The van der Waals surface area contributed by atoms with Gasteiger partial charge < -0.3 is 9.84 Å². The van der Waals surface area contributed by atoms with Crippen molar-refractivity contribution in [1.82, 2.24) is 14.6 Å². The van der Waals surface area contributed by atoms with E-state index in [1.807, 2.05) is 0 Å². The number of pyridine rings is 1. The van der Waals surface area contributed by atoms with Crippen molar-refractivity contribution in [3.8, 4) is 5.75 Å². The van der Waals surface area contributed by atoms with Gasteiger partial charge in [0.2, 0.25) is 0 Å². The Balaban J connectivity index is 1.80. The molecular weight excluding hydrogens is 294 g/mol. The van der Waals surface area contributed by atoms with E-state index < -0.39 is 5.97 Å². The maximum absolute atomic E-state index is 10.9. The van der Waals surface area contributed by atoms with E-state index in [2.05, 4.69) is 10.1 Å². The summed E-state index contributed by atoms with van der Waals surface area (Å²) in [5.74, 6) is 0.0716. The highest BCUT2D eigenvalue weighted by Gasteiger charge is 2.08. The lowest BCUT2D eigenvalue weighted by Crippen LogP contribution is -1.98. The van der Waals surface area contributed by atoms with Crippen molar-refractivity contribution in [3.63, 3.8) is 0 Å². The van der Waals surface area contributed by atoms with Gasteiger partial charge in [0.05, 0.1) is 5.56 Å². The van der Waals surface area contributed by atoms with Gasteiger partial charge in [-0.2, -0.15) is 0 Å². The zero-order valence-electron chi connectivity index (χ0n) is 10.7. The lowest BCUT2D eigenvalue weighted by atomic mass is 10.3. The van der Waals surface area contributed by atoms with E-state index in [0.717, 1.165) is 0 Å². The molecule has 2 heterocycles. The lowest BCUT2D eigenvalue weighted by molar-refractivity contribution is 0.0697. The van der Waals surface area contributed by atoms with Crippen LogP contribution in [0.15, 0.2) is 42.6 Å². The standard InChI is InChI=1S/C14H10ClN3O3/c15-10-2-1-3-11(7-10)21-8-12-16-13-6-9(14(19)20)4-5-18(13)17-12/h1-7H,8H2,(H,19,20). The molecule has 0 atom stereocenters. The van der Waals surface area contributed by atoms with Crippen LogP contribution >= 0.6 is 11.6 Å². The van der Waals surface area contributed by atoms with Gasteiger partial charge in [0.25, 0.3) is 0 Å². The molecule has 106 valence electrons. The summed E-state index contributed by atoms with van der Waals surface area (Å²) in [6.45, 7) is 0.171. The van der Waals surface area contributed by atoms with Crippen molar-refractivity contribution in [2.24, 2.45) is 0 Å². The number of halogens is 1. The molecule has 0 fully saturated rings. The molecule has 1 N–H and O–H groups in total. The first-order valence-electron chi connectivity index (χ1n) is 6.09. The second-order valence-corrected chi connectivity index (χ2v) is 4.73. The van der Waals surface area contributed by atoms with Gasteiger partial charge in [0.15, 0.2) is 11.5 Å². The zero-order chi connectivity index (χ0) is 14.8. The van der Waals surface area contributed by atoms with Crippen LogP contribution < -0.4 is 4.74 Å². The number of carboxylic acids is 1. The third-order valence-electron chi connectivity index (χ3n) is 2.79. The van der Waals surface area contributed by atoms with Gasteiger partial charge in [-0.25, -0.2) is 14.3 Å². The molecule has 0 aliphatic heterocycles. The monoisotopic (exact) mass is 303 g/mol. The van der Waals surface area contributed by atoms with E-state index in [4.69, 9.17) is 21.4 Å². The number of nitrogens with zero attached hydrogens (tertiary/aromatic N) is 3. The predicted molar refractivity (Wildman–Crippen MR) is 75.7 cm³/mol. The van der Waals surface area contributed by atoms with Crippen molar-refractivity contribution < 1.29 is 14.6 Å². The molecule has 0 aliphatic rings. The SMILES string of the molecule is O=C(O)c1ccn2nc(COc3cccc(Cl)c3)nc2c1. The molecule has 7 heteroatoms. The molecule has 1 aromatic carbocycles. The Kier molecular flexibility index (Phi) is 3.45. The number of benzene rings is 1. The van der Waals surface area contributed by atoms with E-state index >= 15 is 0 Å². The Morgan fingerprint density at radius 3 is 2.95 bits per heavy atom. The number of aromatic nitrogens is 3. The number of hydrogen-bond acceptors (Lipinski definition) is 4. The maximum atomic E-state index is 10.9. The van der Waals surface area contributed by atoms with Crippen molar-refractivity contribution in [3.05, 3.63) is 59.0 Å². The van der Waals surface area contributed by atoms with Crippen molar-refractivity contribution in [2.75, 3.05) is 0 Å². The summed E-state index contributed by atoms with van der Waals surface area (Å²) in [6, 6.07) is 9.94. The minimum absolute atomic E-state index is 0.164. The van der Waals surface area contributed by atoms with Crippen LogP contribution in [0.25, 0.3) is 5.65 Å². The smallest absolute Gasteiger partial charge is 0.335 e. The molecule has 3 rings (SSSR count). The molecular formula is C14H10ClN3O3. The van der Waals surface area contributed by atoms with Crippen LogP contribution in [0.1, 0.15) is 16.2 Å². The quantitative estimate of drug-likeness (QED) is 0.802. The van der Waals surface area contributed by atoms with Crippen LogP contribution in [-0.4, -0.2) is 25.7 Å². The van der Waals surface area contributed by atoms with Gasteiger partial charge in [-0.05, 0) is 30.3 Å². The number of ether oxygens (including phenoxy) is 1. The molecule has 2 aromatic heterocycles. The fourth-order valence-electron chi connectivity index (χ4n) is 1.83. The van der Waals surface area contributed by atoms with Crippen LogP contribution in [0, 0.1) is 0 Å². The van der Waals surface area contributed by atoms with E-state index in [1.54, 1.807) is 30.5 Å². The number of fused-ring (bicyclic) bond motifs is 1. The third-order valence-corrected chi connectivity index (χ3v) is 3.03. The fraction of sp³-hybridized carbons (Fsp3) is 0.0714. The van der Waals surface area contributed by atoms with Crippen LogP contribution in [-0.2, 0) is 6.61 Å². The number of aromatic carboxylic acids is 1. The zero-order valence-corrected chi connectivity index (χ0v) is 11.5. The van der Waals surface area contributed by atoms with Gasteiger partial charge >= 0.3 is 5.97 Å². The van der Waals surface area contributed by atoms with Gasteiger partial charge in [0.1, 0.15) is 12.4 Å². The number of rotatable bonds is 4. The molecule has 0 spiro atoms.